The highest BCUT2D eigenvalue weighted by Gasteiger charge is 2.34. The van der Waals surface area contributed by atoms with Crippen molar-refractivity contribution >= 4 is 0 Å². The predicted octanol–water partition coefficient (Wildman–Crippen LogP) is 2.99. The Morgan fingerprint density at radius 1 is 1.21 bits per heavy atom. The molecule has 0 aromatic rings. The summed E-state index contributed by atoms with van der Waals surface area (Å²) in [5, 5.41) is 23.3. The quantitative estimate of drug-likeness (QED) is 0.820. The third-order valence-corrected chi connectivity index (χ3v) is 5.24. The Bertz CT molecular complexity index is 315. The van der Waals surface area contributed by atoms with Crippen molar-refractivity contribution in [3.8, 4) is 6.07 Å². The van der Waals surface area contributed by atoms with Gasteiger partial charge >= 0.3 is 0 Å². The zero-order chi connectivity index (χ0) is 13.7. The third-order valence-electron chi connectivity index (χ3n) is 5.24. The number of nitrogens with one attached hydrogen (secondary N) is 1. The Hall–Kier alpha value is -0.590. The molecule has 2 rings (SSSR count). The van der Waals surface area contributed by atoms with Crippen molar-refractivity contribution < 1.29 is 5.11 Å². The monoisotopic (exact) mass is 264 g/mol. The maximum Gasteiger partial charge on any atom is 0.0771 e. The van der Waals surface area contributed by atoms with Crippen LogP contribution in [0.3, 0.4) is 0 Å². The van der Waals surface area contributed by atoms with Crippen LogP contribution >= 0.6 is 0 Å². The van der Waals surface area contributed by atoms with Crippen molar-refractivity contribution in [3.63, 3.8) is 0 Å². The standard InChI is InChI=1S/C16H28N2O/c1-2-13-7-9-16(19,10-8-13)12-18-15-6-4-3-5-14(15)11-17/h13-15,18-19H,2-10,12H2,1H3. The van der Waals surface area contributed by atoms with Crippen molar-refractivity contribution in [1.82, 2.24) is 5.32 Å². The van der Waals surface area contributed by atoms with E-state index in [1.165, 1.54) is 19.3 Å². The second kappa shape index (κ2) is 6.72. The van der Waals surface area contributed by atoms with Gasteiger partial charge in [-0.2, -0.15) is 5.26 Å². The van der Waals surface area contributed by atoms with Gasteiger partial charge in [-0.15, -0.1) is 0 Å². The largest absolute Gasteiger partial charge is 0.389 e. The summed E-state index contributed by atoms with van der Waals surface area (Å²) in [6.45, 7) is 2.92. The molecule has 3 heteroatoms. The lowest BCUT2D eigenvalue weighted by Crippen LogP contribution is -2.49. The van der Waals surface area contributed by atoms with Gasteiger partial charge in [-0.3, -0.25) is 0 Å². The number of nitriles is 1. The van der Waals surface area contributed by atoms with Crippen molar-refractivity contribution in [2.45, 2.75) is 76.4 Å². The minimum absolute atomic E-state index is 0.143. The molecule has 0 spiro atoms. The molecule has 2 aliphatic rings. The molecule has 0 bridgehead atoms. The second-order valence-corrected chi connectivity index (χ2v) is 6.58. The first-order valence-corrected chi connectivity index (χ1v) is 8.02. The number of hydrogen-bond acceptors (Lipinski definition) is 3. The van der Waals surface area contributed by atoms with Gasteiger partial charge in [0, 0.05) is 12.6 Å². The van der Waals surface area contributed by atoms with Crippen LogP contribution in [0, 0.1) is 23.2 Å². The van der Waals surface area contributed by atoms with Gasteiger partial charge in [-0.1, -0.05) is 26.2 Å². The minimum atomic E-state index is -0.525. The number of rotatable bonds is 4. The first-order chi connectivity index (χ1) is 9.17. The molecule has 0 aromatic carbocycles. The Morgan fingerprint density at radius 2 is 1.89 bits per heavy atom. The van der Waals surface area contributed by atoms with E-state index in [1.54, 1.807) is 0 Å². The SMILES string of the molecule is CCC1CCC(O)(CNC2CCCCC2C#N)CC1. The van der Waals surface area contributed by atoms with Crippen molar-refractivity contribution in [2.75, 3.05) is 6.54 Å². The number of hydrogen-bond donors (Lipinski definition) is 2. The highest BCUT2D eigenvalue weighted by Crippen LogP contribution is 2.34. The molecule has 2 N–H and O–H groups in total. The molecule has 3 nitrogen and oxygen atoms in total. The van der Waals surface area contributed by atoms with E-state index in [4.69, 9.17) is 0 Å². The first kappa shape index (κ1) is 14.8. The Balaban J connectivity index is 1.79. The van der Waals surface area contributed by atoms with Gasteiger partial charge in [0.05, 0.1) is 17.6 Å². The molecule has 0 aromatic heterocycles. The van der Waals surface area contributed by atoms with E-state index < -0.39 is 5.60 Å². The van der Waals surface area contributed by atoms with Crippen LogP contribution in [0.4, 0.5) is 0 Å². The Labute approximate surface area is 117 Å². The summed E-state index contributed by atoms with van der Waals surface area (Å²) in [6.07, 6.45) is 9.89. The molecule has 108 valence electrons. The maximum atomic E-state index is 10.6. The van der Waals surface area contributed by atoms with Crippen LogP contribution in [0.15, 0.2) is 0 Å². The molecule has 2 saturated carbocycles. The van der Waals surface area contributed by atoms with Crippen LogP contribution < -0.4 is 5.32 Å². The van der Waals surface area contributed by atoms with E-state index in [0.29, 0.717) is 12.6 Å². The molecule has 19 heavy (non-hydrogen) atoms. The molecule has 2 aliphatic carbocycles. The summed E-state index contributed by atoms with van der Waals surface area (Å²) in [5.41, 5.74) is -0.525. The smallest absolute Gasteiger partial charge is 0.0771 e. The molecular formula is C16H28N2O. The average molecular weight is 264 g/mol. The van der Waals surface area contributed by atoms with E-state index >= 15 is 0 Å². The topological polar surface area (TPSA) is 56.0 Å². The Kier molecular flexibility index (Phi) is 5.24. The normalized spacial score (nSPS) is 39.7. The molecule has 0 saturated heterocycles. The minimum Gasteiger partial charge on any atom is -0.389 e. The molecule has 0 amide bonds. The van der Waals surface area contributed by atoms with Gasteiger partial charge in [-0.25, -0.2) is 0 Å². The van der Waals surface area contributed by atoms with E-state index in [9.17, 15) is 10.4 Å². The average Bonchev–Trinajstić information content (AvgIpc) is 2.46. The van der Waals surface area contributed by atoms with Crippen LogP contribution in [0.1, 0.15) is 64.7 Å². The maximum absolute atomic E-state index is 10.6. The molecule has 2 fully saturated rings. The lowest BCUT2D eigenvalue weighted by Gasteiger charge is -2.38. The van der Waals surface area contributed by atoms with Crippen LogP contribution in [-0.2, 0) is 0 Å². The highest BCUT2D eigenvalue weighted by molar-refractivity contribution is 4.96. The first-order valence-electron chi connectivity index (χ1n) is 8.02. The molecule has 2 atom stereocenters. The van der Waals surface area contributed by atoms with Crippen LogP contribution in [0.2, 0.25) is 0 Å². The molecule has 0 heterocycles. The van der Waals surface area contributed by atoms with Gasteiger partial charge < -0.3 is 10.4 Å². The van der Waals surface area contributed by atoms with Crippen molar-refractivity contribution in [3.05, 3.63) is 0 Å². The van der Waals surface area contributed by atoms with Gasteiger partial charge in [0.1, 0.15) is 0 Å². The highest BCUT2D eigenvalue weighted by atomic mass is 16.3. The molecule has 2 unspecified atom stereocenters. The lowest BCUT2D eigenvalue weighted by molar-refractivity contribution is -0.0123. The zero-order valence-corrected chi connectivity index (χ0v) is 12.2. The van der Waals surface area contributed by atoms with E-state index in [-0.39, 0.29) is 5.92 Å². The fourth-order valence-corrected chi connectivity index (χ4v) is 3.65. The number of nitrogens with zero attached hydrogens (tertiary/aromatic N) is 1. The summed E-state index contributed by atoms with van der Waals surface area (Å²) >= 11 is 0. The van der Waals surface area contributed by atoms with E-state index in [0.717, 1.165) is 44.4 Å². The summed E-state index contributed by atoms with van der Waals surface area (Å²) in [6, 6.07) is 2.72. The predicted molar refractivity (Wildman–Crippen MR) is 76.6 cm³/mol. The fourth-order valence-electron chi connectivity index (χ4n) is 3.65. The molecule has 0 aliphatic heterocycles. The third kappa shape index (κ3) is 3.94. The molecular weight excluding hydrogens is 236 g/mol. The van der Waals surface area contributed by atoms with Crippen LogP contribution in [-0.4, -0.2) is 23.3 Å². The summed E-state index contributed by atoms with van der Waals surface area (Å²) in [5.74, 6) is 0.950. The van der Waals surface area contributed by atoms with Crippen LogP contribution in [0.25, 0.3) is 0 Å². The summed E-state index contributed by atoms with van der Waals surface area (Å²) in [7, 11) is 0. The number of aliphatic hydroxyl groups is 1. The van der Waals surface area contributed by atoms with Gasteiger partial charge in [-0.05, 0) is 44.4 Å². The van der Waals surface area contributed by atoms with Crippen molar-refractivity contribution in [2.24, 2.45) is 11.8 Å². The zero-order valence-electron chi connectivity index (χ0n) is 12.2. The molecule has 0 radical (unpaired) electrons. The summed E-state index contributed by atoms with van der Waals surface area (Å²) in [4.78, 5) is 0. The second-order valence-electron chi connectivity index (χ2n) is 6.58. The summed E-state index contributed by atoms with van der Waals surface area (Å²) < 4.78 is 0. The Morgan fingerprint density at radius 3 is 2.53 bits per heavy atom. The lowest BCUT2D eigenvalue weighted by atomic mass is 9.77. The fraction of sp³-hybridized carbons (Fsp3) is 0.938. The van der Waals surface area contributed by atoms with E-state index in [1.807, 2.05) is 0 Å². The van der Waals surface area contributed by atoms with E-state index in [2.05, 4.69) is 18.3 Å². The van der Waals surface area contributed by atoms with Gasteiger partial charge in [0.2, 0.25) is 0 Å². The van der Waals surface area contributed by atoms with Crippen molar-refractivity contribution in [1.29, 1.82) is 5.26 Å². The van der Waals surface area contributed by atoms with Gasteiger partial charge in [0.15, 0.2) is 0 Å². The van der Waals surface area contributed by atoms with Gasteiger partial charge in [0.25, 0.3) is 0 Å². The van der Waals surface area contributed by atoms with Crippen LogP contribution in [0.5, 0.6) is 0 Å².